The Labute approximate surface area is 173 Å². The van der Waals surface area contributed by atoms with Crippen molar-refractivity contribution in [2.45, 2.75) is 26.4 Å². The van der Waals surface area contributed by atoms with Gasteiger partial charge >= 0.3 is 0 Å². The number of nitrogens with zero attached hydrogens (tertiary/aromatic N) is 2. The number of aromatic nitrogens is 3. The molecule has 6 heteroatoms. The van der Waals surface area contributed by atoms with Gasteiger partial charge in [0.1, 0.15) is 5.82 Å². The normalized spacial score (nSPS) is 14.3. The number of aromatic amines is 2. The maximum atomic E-state index is 12.6. The van der Waals surface area contributed by atoms with Gasteiger partial charge in [0, 0.05) is 52.9 Å². The van der Waals surface area contributed by atoms with Crippen LogP contribution < -0.4 is 5.56 Å². The van der Waals surface area contributed by atoms with Gasteiger partial charge in [-0.15, -0.1) is 0 Å². The van der Waals surface area contributed by atoms with Crippen molar-refractivity contribution in [1.29, 1.82) is 0 Å². The Morgan fingerprint density at radius 1 is 1.17 bits per heavy atom. The maximum Gasteiger partial charge on any atom is 0.254 e. The van der Waals surface area contributed by atoms with Gasteiger partial charge in [0.2, 0.25) is 0 Å². The molecule has 0 bridgehead atoms. The van der Waals surface area contributed by atoms with Crippen molar-refractivity contribution >= 4 is 22.5 Å². The van der Waals surface area contributed by atoms with Gasteiger partial charge in [-0.1, -0.05) is 41.4 Å². The summed E-state index contributed by atoms with van der Waals surface area (Å²) < 4.78 is 0. The molecule has 3 heterocycles. The Hall–Kier alpha value is -2.89. The molecule has 2 aromatic heterocycles. The number of hydrogen-bond donors (Lipinski definition) is 2. The second kappa shape index (κ2) is 7.17. The molecule has 0 spiro atoms. The molecular weight excluding hydrogens is 384 g/mol. The van der Waals surface area contributed by atoms with E-state index in [1.807, 2.05) is 55.6 Å². The fraction of sp³-hybridized carbons (Fsp3) is 0.217. The lowest BCUT2D eigenvalue weighted by atomic mass is 10.0. The Kier molecular flexibility index (Phi) is 4.49. The van der Waals surface area contributed by atoms with Crippen LogP contribution in [0.4, 0.5) is 0 Å². The standard InChI is InChI=1S/C23H21ClN4O/c1-14-2-4-15(5-3-14)22-26-21-13-28(9-8-18(21)23(29)27-22)12-16-11-25-20-7-6-17(24)10-19(16)20/h2-7,10-11,25H,8-9,12-13H2,1H3,(H,26,27,29). The van der Waals surface area contributed by atoms with E-state index in [0.717, 1.165) is 45.8 Å². The zero-order valence-corrected chi connectivity index (χ0v) is 16.9. The Balaban J connectivity index is 1.44. The summed E-state index contributed by atoms with van der Waals surface area (Å²) in [5, 5.41) is 1.88. The molecular formula is C23H21ClN4O. The Morgan fingerprint density at radius 2 is 2.00 bits per heavy atom. The molecule has 146 valence electrons. The number of fused-ring (bicyclic) bond motifs is 2. The lowest BCUT2D eigenvalue weighted by Gasteiger charge is -2.27. The van der Waals surface area contributed by atoms with Crippen molar-refractivity contribution in [3.05, 3.63) is 86.4 Å². The first kappa shape index (κ1) is 18.2. The van der Waals surface area contributed by atoms with Crippen LogP contribution >= 0.6 is 11.6 Å². The number of benzene rings is 2. The lowest BCUT2D eigenvalue weighted by Crippen LogP contribution is -2.35. The minimum absolute atomic E-state index is 0.0240. The third-order valence-corrected chi connectivity index (χ3v) is 5.84. The molecule has 5 nitrogen and oxygen atoms in total. The Bertz CT molecular complexity index is 1260. The van der Waals surface area contributed by atoms with E-state index in [1.54, 1.807) is 0 Å². The maximum absolute atomic E-state index is 12.6. The van der Waals surface area contributed by atoms with E-state index < -0.39 is 0 Å². The highest BCUT2D eigenvalue weighted by Gasteiger charge is 2.22. The quantitative estimate of drug-likeness (QED) is 0.530. The van der Waals surface area contributed by atoms with E-state index in [4.69, 9.17) is 16.6 Å². The average Bonchev–Trinajstić information content (AvgIpc) is 3.10. The van der Waals surface area contributed by atoms with E-state index in [9.17, 15) is 4.79 Å². The molecule has 1 aliphatic heterocycles. The molecule has 0 fully saturated rings. The number of rotatable bonds is 3. The van der Waals surface area contributed by atoms with Crippen LogP contribution in [0.5, 0.6) is 0 Å². The Morgan fingerprint density at radius 3 is 2.83 bits per heavy atom. The minimum atomic E-state index is -0.0240. The van der Waals surface area contributed by atoms with Gasteiger partial charge in [0.15, 0.2) is 0 Å². The summed E-state index contributed by atoms with van der Waals surface area (Å²) >= 11 is 6.18. The highest BCUT2D eigenvalue weighted by Crippen LogP contribution is 2.25. The smallest absolute Gasteiger partial charge is 0.254 e. The first-order chi connectivity index (χ1) is 14.1. The van der Waals surface area contributed by atoms with Crippen molar-refractivity contribution in [1.82, 2.24) is 19.9 Å². The van der Waals surface area contributed by atoms with Gasteiger partial charge in [0.05, 0.1) is 5.69 Å². The molecule has 0 saturated heterocycles. The van der Waals surface area contributed by atoms with Gasteiger partial charge in [-0.05, 0) is 37.1 Å². The molecule has 0 unspecified atom stereocenters. The van der Waals surface area contributed by atoms with Crippen LogP contribution in [0, 0.1) is 6.92 Å². The largest absolute Gasteiger partial charge is 0.361 e. The van der Waals surface area contributed by atoms with Crippen LogP contribution in [-0.2, 0) is 19.5 Å². The van der Waals surface area contributed by atoms with Crippen molar-refractivity contribution in [3.63, 3.8) is 0 Å². The van der Waals surface area contributed by atoms with Gasteiger partial charge in [-0.2, -0.15) is 0 Å². The summed E-state index contributed by atoms with van der Waals surface area (Å²) in [6.45, 7) is 4.32. The highest BCUT2D eigenvalue weighted by atomic mass is 35.5. The third kappa shape index (κ3) is 3.48. The topological polar surface area (TPSA) is 64.8 Å². The summed E-state index contributed by atoms with van der Waals surface area (Å²) in [4.78, 5) is 26.0. The molecule has 0 atom stereocenters. The van der Waals surface area contributed by atoms with Crippen LogP contribution in [0.2, 0.25) is 5.02 Å². The minimum Gasteiger partial charge on any atom is -0.361 e. The average molecular weight is 405 g/mol. The SMILES string of the molecule is Cc1ccc(-c2nc3c(c(=O)[nH]2)CCN(Cc2c[nH]c4ccc(Cl)cc24)C3)cc1. The van der Waals surface area contributed by atoms with Gasteiger partial charge in [-0.3, -0.25) is 9.69 Å². The molecule has 0 radical (unpaired) electrons. The first-order valence-corrected chi connectivity index (χ1v) is 10.1. The third-order valence-electron chi connectivity index (χ3n) is 5.60. The summed E-state index contributed by atoms with van der Waals surface area (Å²) in [6.07, 6.45) is 2.74. The molecule has 0 saturated carbocycles. The summed E-state index contributed by atoms with van der Waals surface area (Å²) in [5.41, 5.74) is 6.04. The number of H-pyrrole nitrogens is 2. The predicted molar refractivity (Wildman–Crippen MR) is 116 cm³/mol. The van der Waals surface area contributed by atoms with E-state index in [0.29, 0.717) is 18.8 Å². The van der Waals surface area contributed by atoms with Crippen LogP contribution in [-0.4, -0.2) is 26.4 Å². The van der Waals surface area contributed by atoms with Crippen LogP contribution in [0.25, 0.3) is 22.3 Å². The molecule has 5 rings (SSSR count). The molecule has 0 aliphatic carbocycles. The lowest BCUT2D eigenvalue weighted by molar-refractivity contribution is 0.241. The predicted octanol–water partition coefficient (Wildman–Crippen LogP) is 4.44. The molecule has 29 heavy (non-hydrogen) atoms. The summed E-state index contributed by atoms with van der Waals surface area (Å²) in [7, 11) is 0. The van der Waals surface area contributed by atoms with Crippen molar-refractivity contribution in [2.24, 2.45) is 0 Å². The fourth-order valence-corrected chi connectivity index (χ4v) is 4.17. The monoisotopic (exact) mass is 404 g/mol. The molecule has 0 amide bonds. The van der Waals surface area contributed by atoms with Crippen LogP contribution in [0.15, 0.2) is 53.5 Å². The van der Waals surface area contributed by atoms with Crippen molar-refractivity contribution in [2.75, 3.05) is 6.54 Å². The number of halogens is 1. The zero-order valence-electron chi connectivity index (χ0n) is 16.1. The first-order valence-electron chi connectivity index (χ1n) is 9.74. The highest BCUT2D eigenvalue weighted by molar-refractivity contribution is 6.31. The zero-order chi connectivity index (χ0) is 20.0. The fourth-order valence-electron chi connectivity index (χ4n) is 4.00. The van der Waals surface area contributed by atoms with E-state index in [2.05, 4.69) is 14.9 Å². The summed E-state index contributed by atoms with van der Waals surface area (Å²) in [5.74, 6) is 0.634. The second-order valence-electron chi connectivity index (χ2n) is 7.67. The van der Waals surface area contributed by atoms with E-state index in [1.165, 1.54) is 11.1 Å². The van der Waals surface area contributed by atoms with E-state index in [-0.39, 0.29) is 5.56 Å². The summed E-state index contributed by atoms with van der Waals surface area (Å²) in [6, 6.07) is 13.9. The van der Waals surface area contributed by atoms with Crippen molar-refractivity contribution < 1.29 is 0 Å². The molecule has 2 aromatic carbocycles. The second-order valence-corrected chi connectivity index (χ2v) is 8.11. The molecule has 2 N–H and O–H groups in total. The van der Waals surface area contributed by atoms with Gasteiger partial charge in [0.25, 0.3) is 5.56 Å². The molecule has 1 aliphatic rings. The number of aryl methyl sites for hydroxylation is 1. The number of nitrogens with one attached hydrogen (secondary N) is 2. The number of hydrogen-bond acceptors (Lipinski definition) is 3. The van der Waals surface area contributed by atoms with Crippen molar-refractivity contribution in [3.8, 4) is 11.4 Å². The van der Waals surface area contributed by atoms with E-state index >= 15 is 0 Å². The van der Waals surface area contributed by atoms with Gasteiger partial charge in [-0.25, -0.2) is 4.98 Å². The van der Waals surface area contributed by atoms with Crippen LogP contribution in [0.1, 0.15) is 22.4 Å². The van der Waals surface area contributed by atoms with Crippen LogP contribution in [0.3, 0.4) is 0 Å². The van der Waals surface area contributed by atoms with Gasteiger partial charge < -0.3 is 9.97 Å². The molecule has 4 aromatic rings.